The first-order chi connectivity index (χ1) is 15.0. The van der Waals surface area contributed by atoms with Crippen LogP contribution in [0.4, 0.5) is 0 Å². The third kappa shape index (κ3) is 6.40. The molecule has 0 saturated heterocycles. The molecule has 0 aliphatic heterocycles. The number of amides is 1. The van der Waals surface area contributed by atoms with Crippen LogP contribution in [-0.4, -0.2) is 28.0 Å². The predicted molar refractivity (Wildman–Crippen MR) is 125 cm³/mol. The van der Waals surface area contributed by atoms with Gasteiger partial charge in [-0.3, -0.25) is 14.5 Å². The average Bonchev–Trinajstić information content (AvgIpc) is 2.78. The fraction of sp³-hybridized carbons (Fsp3) is 0.308. The Morgan fingerprint density at radius 2 is 1.58 bits per heavy atom. The number of aromatic nitrogens is 1. The highest BCUT2D eigenvalue weighted by Gasteiger charge is 2.09. The molecule has 0 atom stereocenters. The molecule has 0 radical (unpaired) electrons. The monoisotopic (exact) mass is 417 g/mol. The molecule has 1 N–H and O–H groups in total. The maximum atomic E-state index is 12.5. The maximum absolute atomic E-state index is 12.5. The number of benzene rings is 2. The summed E-state index contributed by atoms with van der Waals surface area (Å²) in [7, 11) is 0. The van der Waals surface area contributed by atoms with E-state index in [-0.39, 0.29) is 11.5 Å². The Kier molecular flexibility index (Phi) is 7.79. The van der Waals surface area contributed by atoms with Crippen molar-refractivity contribution in [3.8, 4) is 0 Å². The largest absolute Gasteiger partial charge is 0.348 e. The number of carbonyl (C=O) groups is 1. The van der Waals surface area contributed by atoms with E-state index in [0.717, 1.165) is 24.2 Å². The van der Waals surface area contributed by atoms with E-state index in [1.165, 1.54) is 5.56 Å². The lowest BCUT2D eigenvalue weighted by molar-refractivity contribution is 0.0951. The molecule has 2 aromatic carbocycles. The molecule has 1 aromatic heterocycles. The molecule has 0 aliphatic carbocycles. The van der Waals surface area contributed by atoms with Crippen LogP contribution in [0.2, 0.25) is 0 Å². The van der Waals surface area contributed by atoms with Crippen molar-refractivity contribution in [3.63, 3.8) is 0 Å². The smallest absolute Gasteiger partial charge is 0.251 e. The van der Waals surface area contributed by atoms with Gasteiger partial charge in [-0.25, -0.2) is 0 Å². The first kappa shape index (κ1) is 22.5. The van der Waals surface area contributed by atoms with E-state index in [2.05, 4.69) is 31.0 Å². The zero-order valence-electron chi connectivity index (χ0n) is 18.5. The quantitative estimate of drug-likeness (QED) is 0.571. The Balaban J connectivity index is 1.53. The third-order valence-corrected chi connectivity index (χ3v) is 5.47. The maximum Gasteiger partial charge on any atom is 0.251 e. The number of hydrogen-bond donors (Lipinski definition) is 1. The lowest BCUT2D eigenvalue weighted by atomic mass is 10.1. The molecule has 5 nitrogen and oxygen atoms in total. The van der Waals surface area contributed by atoms with Gasteiger partial charge in [-0.05, 0) is 55.3 Å². The van der Waals surface area contributed by atoms with E-state index >= 15 is 0 Å². The Morgan fingerprint density at radius 1 is 0.935 bits per heavy atom. The molecule has 0 spiro atoms. The minimum atomic E-state index is -0.0809. The molecule has 3 rings (SSSR count). The second kappa shape index (κ2) is 10.7. The molecular formula is C26H31N3O2. The Bertz CT molecular complexity index is 1040. The van der Waals surface area contributed by atoms with E-state index < -0.39 is 0 Å². The van der Waals surface area contributed by atoms with Gasteiger partial charge in [-0.1, -0.05) is 49.4 Å². The summed E-state index contributed by atoms with van der Waals surface area (Å²) >= 11 is 0. The first-order valence-corrected chi connectivity index (χ1v) is 10.8. The van der Waals surface area contributed by atoms with E-state index in [0.29, 0.717) is 24.7 Å². The van der Waals surface area contributed by atoms with Crippen LogP contribution in [0.3, 0.4) is 0 Å². The SMILES string of the molecule is CCN(Cc1ccc(C(=O)NCc2ccc(Cn3ccccc3=O)cc2)cc1)C(C)C. The molecule has 1 amide bonds. The normalized spacial score (nSPS) is 11.1. The minimum Gasteiger partial charge on any atom is -0.348 e. The summed E-state index contributed by atoms with van der Waals surface area (Å²) < 4.78 is 1.67. The highest BCUT2D eigenvalue weighted by Crippen LogP contribution is 2.11. The summed E-state index contributed by atoms with van der Waals surface area (Å²) in [6.07, 6.45) is 1.78. The summed E-state index contributed by atoms with van der Waals surface area (Å²) in [5.41, 5.74) is 3.92. The molecule has 0 unspecified atom stereocenters. The summed E-state index contributed by atoms with van der Waals surface area (Å²) in [5, 5.41) is 2.98. The van der Waals surface area contributed by atoms with Crippen LogP contribution in [0, 0.1) is 0 Å². The Hall–Kier alpha value is -3.18. The van der Waals surface area contributed by atoms with Crippen molar-refractivity contribution in [2.75, 3.05) is 6.54 Å². The summed E-state index contributed by atoms with van der Waals surface area (Å²) in [4.78, 5) is 26.7. The molecule has 1 heterocycles. The zero-order chi connectivity index (χ0) is 22.2. The fourth-order valence-corrected chi connectivity index (χ4v) is 3.49. The molecule has 5 heteroatoms. The van der Waals surface area contributed by atoms with Crippen LogP contribution in [0.1, 0.15) is 47.8 Å². The number of nitrogens with zero attached hydrogens (tertiary/aromatic N) is 2. The van der Waals surface area contributed by atoms with Crippen molar-refractivity contribution in [1.29, 1.82) is 0 Å². The Morgan fingerprint density at radius 3 is 2.19 bits per heavy atom. The third-order valence-electron chi connectivity index (χ3n) is 5.47. The lowest BCUT2D eigenvalue weighted by Gasteiger charge is -2.24. The van der Waals surface area contributed by atoms with Crippen molar-refractivity contribution in [1.82, 2.24) is 14.8 Å². The van der Waals surface area contributed by atoms with E-state index in [1.54, 1.807) is 22.9 Å². The van der Waals surface area contributed by atoms with Crippen molar-refractivity contribution >= 4 is 5.91 Å². The van der Waals surface area contributed by atoms with E-state index in [1.807, 2.05) is 54.6 Å². The van der Waals surface area contributed by atoms with Crippen molar-refractivity contribution in [2.45, 2.75) is 46.4 Å². The minimum absolute atomic E-state index is 0.0172. The summed E-state index contributed by atoms with van der Waals surface area (Å²) in [5.74, 6) is -0.0809. The van der Waals surface area contributed by atoms with Gasteiger partial charge in [0.05, 0.1) is 6.54 Å². The number of rotatable bonds is 9. The number of hydrogen-bond acceptors (Lipinski definition) is 3. The number of pyridine rings is 1. The first-order valence-electron chi connectivity index (χ1n) is 10.8. The van der Waals surface area contributed by atoms with Crippen LogP contribution in [0.5, 0.6) is 0 Å². The van der Waals surface area contributed by atoms with E-state index in [9.17, 15) is 9.59 Å². The van der Waals surface area contributed by atoms with Crippen LogP contribution in [0.25, 0.3) is 0 Å². The number of nitrogens with one attached hydrogen (secondary N) is 1. The van der Waals surface area contributed by atoms with Crippen LogP contribution >= 0.6 is 0 Å². The number of carbonyl (C=O) groups excluding carboxylic acids is 1. The molecular weight excluding hydrogens is 386 g/mol. The molecule has 162 valence electrons. The highest BCUT2D eigenvalue weighted by molar-refractivity contribution is 5.94. The van der Waals surface area contributed by atoms with Gasteiger partial charge in [0, 0.05) is 37.0 Å². The van der Waals surface area contributed by atoms with Crippen molar-refractivity contribution in [2.24, 2.45) is 0 Å². The molecule has 3 aromatic rings. The van der Waals surface area contributed by atoms with Crippen LogP contribution in [0.15, 0.2) is 77.7 Å². The van der Waals surface area contributed by atoms with Crippen molar-refractivity contribution in [3.05, 3.63) is 106 Å². The van der Waals surface area contributed by atoms with Gasteiger partial charge in [0.25, 0.3) is 11.5 Å². The van der Waals surface area contributed by atoms with Gasteiger partial charge < -0.3 is 9.88 Å². The standard InChI is InChI=1S/C26H31N3O2/c1-4-28(20(2)3)18-23-12-14-24(15-13-23)26(31)27-17-21-8-10-22(11-9-21)19-29-16-6-5-7-25(29)30/h5-16,20H,4,17-19H2,1-3H3,(H,27,31). The van der Waals surface area contributed by atoms with Gasteiger partial charge >= 0.3 is 0 Å². The van der Waals surface area contributed by atoms with Crippen LogP contribution < -0.4 is 10.9 Å². The molecule has 0 bridgehead atoms. The zero-order valence-corrected chi connectivity index (χ0v) is 18.5. The fourth-order valence-electron chi connectivity index (χ4n) is 3.49. The highest BCUT2D eigenvalue weighted by atomic mass is 16.1. The predicted octanol–water partition coefficient (Wildman–Crippen LogP) is 4.06. The summed E-state index contributed by atoms with van der Waals surface area (Å²) in [6.45, 7) is 9.43. The van der Waals surface area contributed by atoms with Gasteiger partial charge in [-0.2, -0.15) is 0 Å². The average molecular weight is 418 g/mol. The van der Waals surface area contributed by atoms with Gasteiger partial charge in [0.1, 0.15) is 0 Å². The molecule has 0 saturated carbocycles. The van der Waals surface area contributed by atoms with Gasteiger partial charge in [-0.15, -0.1) is 0 Å². The molecule has 0 fully saturated rings. The van der Waals surface area contributed by atoms with Crippen LogP contribution in [-0.2, 0) is 19.6 Å². The van der Waals surface area contributed by atoms with Crippen molar-refractivity contribution < 1.29 is 4.79 Å². The second-order valence-electron chi connectivity index (χ2n) is 8.02. The molecule has 31 heavy (non-hydrogen) atoms. The topological polar surface area (TPSA) is 54.3 Å². The van der Waals surface area contributed by atoms with Gasteiger partial charge in [0.2, 0.25) is 0 Å². The second-order valence-corrected chi connectivity index (χ2v) is 8.02. The molecule has 0 aliphatic rings. The van der Waals surface area contributed by atoms with E-state index in [4.69, 9.17) is 0 Å². The Labute approximate surface area is 184 Å². The van der Waals surface area contributed by atoms with Gasteiger partial charge in [0.15, 0.2) is 0 Å². The lowest BCUT2D eigenvalue weighted by Crippen LogP contribution is -2.30. The summed E-state index contributed by atoms with van der Waals surface area (Å²) in [6, 6.07) is 21.4.